The number of ether oxygens (including phenoxy) is 1. The largest absolute Gasteiger partial charge is 0.492 e. The van der Waals surface area contributed by atoms with Crippen LogP contribution in [0.4, 0.5) is 0 Å². The van der Waals surface area contributed by atoms with Crippen LogP contribution >= 0.6 is 11.6 Å². The van der Waals surface area contributed by atoms with Gasteiger partial charge in [-0.15, -0.1) is 0 Å². The second kappa shape index (κ2) is 8.07. The second-order valence-electron chi connectivity index (χ2n) is 5.97. The van der Waals surface area contributed by atoms with E-state index in [0.717, 1.165) is 11.3 Å². The van der Waals surface area contributed by atoms with Crippen LogP contribution in [-0.2, 0) is 21.2 Å². The van der Waals surface area contributed by atoms with Crippen molar-refractivity contribution >= 4 is 27.5 Å². The number of carbonyl (C=O) groups excluding carboxylic acids is 1. The van der Waals surface area contributed by atoms with Crippen molar-refractivity contribution in [2.75, 3.05) is 19.7 Å². The lowest BCUT2D eigenvalue weighted by Gasteiger charge is -2.24. The van der Waals surface area contributed by atoms with Gasteiger partial charge in [-0.25, -0.2) is 13.1 Å². The van der Waals surface area contributed by atoms with Gasteiger partial charge in [0.1, 0.15) is 12.4 Å². The molecule has 1 heterocycles. The van der Waals surface area contributed by atoms with Gasteiger partial charge in [0.05, 0.1) is 10.8 Å². The third kappa shape index (κ3) is 4.55. The summed E-state index contributed by atoms with van der Waals surface area (Å²) < 4.78 is 32.4. The first-order chi connectivity index (χ1) is 12.5. The van der Waals surface area contributed by atoms with Crippen molar-refractivity contribution in [1.82, 2.24) is 10.0 Å². The molecule has 1 amide bonds. The molecule has 26 heavy (non-hydrogen) atoms. The lowest BCUT2D eigenvalue weighted by molar-refractivity contribution is -0.126. The summed E-state index contributed by atoms with van der Waals surface area (Å²) in [5.74, 6) is 0.377. The standard InChI is InChI=1S/C18H19ClN2O4S/c19-15-5-3-6-16(11-15)26(23,24)21-9-8-20-18(22)14-10-13-4-1-2-7-17(13)25-12-14/h1-7,11,14,21H,8-10,12H2,(H,20,22). The number of halogens is 1. The molecule has 1 aliphatic rings. The van der Waals surface area contributed by atoms with E-state index in [1.807, 2.05) is 24.3 Å². The molecule has 1 aliphatic heterocycles. The maximum absolute atomic E-state index is 12.3. The monoisotopic (exact) mass is 394 g/mol. The van der Waals surface area contributed by atoms with E-state index in [1.165, 1.54) is 12.1 Å². The zero-order chi connectivity index (χ0) is 18.6. The topological polar surface area (TPSA) is 84.5 Å². The number of carbonyl (C=O) groups is 1. The fraction of sp³-hybridized carbons (Fsp3) is 0.278. The van der Waals surface area contributed by atoms with Crippen LogP contribution in [0.15, 0.2) is 53.4 Å². The molecule has 0 saturated carbocycles. The quantitative estimate of drug-likeness (QED) is 0.734. The molecular weight excluding hydrogens is 376 g/mol. The minimum atomic E-state index is -3.66. The van der Waals surface area contributed by atoms with E-state index in [0.29, 0.717) is 18.1 Å². The number of fused-ring (bicyclic) bond motifs is 1. The Morgan fingerprint density at radius 2 is 1.96 bits per heavy atom. The zero-order valence-corrected chi connectivity index (χ0v) is 15.5. The smallest absolute Gasteiger partial charge is 0.240 e. The Hall–Kier alpha value is -2.09. The van der Waals surface area contributed by atoms with E-state index in [4.69, 9.17) is 16.3 Å². The Kier molecular flexibility index (Phi) is 5.80. The summed E-state index contributed by atoms with van der Waals surface area (Å²) in [4.78, 5) is 12.4. The molecule has 1 unspecified atom stereocenters. The molecule has 0 radical (unpaired) electrons. The fourth-order valence-corrected chi connectivity index (χ4v) is 4.06. The maximum Gasteiger partial charge on any atom is 0.240 e. The number of para-hydroxylation sites is 1. The first-order valence-corrected chi connectivity index (χ1v) is 10.1. The van der Waals surface area contributed by atoms with Crippen LogP contribution in [0.3, 0.4) is 0 Å². The first-order valence-electron chi connectivity index (χ1n) is 8.19. The predicted molar refractivity (Wildman–Crippen MR) is 98.8 cm³/mol. The van der Waals surface area contributed by atoms with Gasteiger partial charge in [0.25, 0.3) is 0 Å². The highest BCUT2D eigenvalue weighted by atomic mass is 35.5. The average Bonchev–Trinajstić information content (AvgIpc) is 2.64. The molecule has 2 aromatic carbocycles. The molecule has 138 valence electrons. The number of benzene rings is 2. The van der Waals surface area contributed by atoms with E-state index in [1.54, 1.807) is 12.1 Å². The highest BCUT2D eigenvalue weighted by Crippen LogP contribution is 2.26. The Bertz CT molecular complexity index is 902. The van der Waals surface area contributed by atoms with Gasteiger partial charge < -0.3 is 10.1 Å². The number of sulfonamides is 1. The molecule has 8 heteroatoms. The van der Waals surface area contributed by atoms with Gasteiger partial charge in [-0.3, -0.25) is 4.79 Å². The lowest BCUT2D eigenvalue weighted by atomic mass is 9.96. The SMILES string of the molecule is O=C(NCCNS(=O)(=O)c1cccc(Cl)c1)C1COc2ccccc2C1. The number of nitrogens with one attached hydrogen (secondary N) is 2. The predicted octanol–water partition coefficient (Wildman–Crippen LogP) is 1.99. The summed E-state index contributed by atoms with van der Waals surface area (Å²) in [5.41, 5.74) is 1.00. The number of hydrogen-bond acceptors (Lipinski definition) is 4. The first kappa shape index (κ1) is 18.7. The normalized spacial score (nSPS) is 16.4. The van der Waals surface area contributed by atoms with E-state index < -0.39 is 10.0 Å². The van der Waals surface area contributed by atoms with Gasteiger partial charge in [0.15, 0.2) is 0 Å². The molecule has 2 aromatic rings. The number of rotatable bonds is 6. The van der Waals surface area contributed by atoms with Crippen molar-refractivity contribution in [2.45, 2.75) is 11.3 Å². The molecule has 0 fully saturated rings. The van der Waals surface area contributed by atoms with Crippen LogP contribution in [0.1, 0.15) is 5.56 Å². The molecule has 0 spiro atoms. The van der Waals surface area contributed by atoms with Gasteiger partial charge in [-0.1, -0.05) is 35.9 Å². The van der Waals surface area contributed by atoms with E-state index >= 15 is 0 Å². The summed E-state index contributed by atoms with van der Waals surface area (Å²) in [6, 6.07) is 13.6. The third-order valence-electron chi connectivity index (χ3n) is 4.07. The third-order valence-corrected chi connectivity index (χ3v) is 5.77. The fourth-order valence-electron chi connectivity index (χ4n) is 2.73. The van der Waals surface area contributed by atoms with Gasteiger partial charge in [0.2, 0.25) is 15.9 Å². The Balaban J connectivity index is 1.47. The van der Waals surface area contributed by atoms with Crippen molar-refractivity contribution in [3.8, 4) is 5.75 Å². The van der Waals surface area contributed by atoms with Gasteiger partial charge in [-0.05, 0) is 36.2 Å². The highest BCUT2D eigenvalue weighted by Gasteiger charge is 2.25. The number of amides is 1. The summed E-state index contributed by atoms with van der Waals surface area (Å²) in [7, 11) is -3.66. The van der Waals surface area contributed by atoms with Crippen LogP contribution < -0.4 is 14.8 Å². The van der Waals surface area contributed by atoms with Gasteiger partial charge >= 0.3 is 0 Å². The maximum atomic E-state index is 12.3. The van der Waals surface area contributed by atoms with Crippen LogP contribution in [0.25, 0.3) is 0 Å². The summed E-state index contributed by atoms with van der Waals surface area (Å²) in [5, 5.41) is 3.09. The van der Waals surface area contributed by atoms with Crippen LogP contribution in [0.2, 0.25) is 5.02 Å². The van der Waals surface area contributed by atoms with Crippen molar-refractivity contribution < 1.29 is 17.9 Å². The molecular formula is C18H19ClN2O4S. The molecule has 1 atom stereocenters. The Morgan fingerprint density at radius 3 is 2.77 bits per heavy atom. The molecule has 0 aliphatic carbocycles. The molecule has 0 aromatic heterocycles. The lowest BCUT2D eigenvalue weighted by Crippen LogP contribution is -2.41. The minimum Gasteiger partial charge on any atom is -0.492 e. The van der Waals surface area contributed by atoms with Gasteiger partial charge in [-0.2, -0.15) is 0 Å². The highest BCUT2D eigenvalue weighted by molar-refractivity contribution is 7.89. The summed E-state index contributed by atoms with van der Waals surface area (Å²) >= 11 is 5.81. The second-order valence-corrected chi connectivity index (χ2v) is 8.17. The van der Waals surface area contributed by atoms with Crippen molar-refractivity contribution in [3.63, 3.8) is 0 Å². The van der Waals surface area contributed by atoms with Gasteiger partial charge in [0, 0.05) is 18.1 Å². The molecule has 0 bridgehead atoms. The Morgan fingerprint density at radius 1 is 1.15 bits per heavy atom. The Labute approximate surface area is 157 Å². The number of hydrogen-bond donors (Lipinski definition) is 2. The van der Waals surface area contributed by atoms with E-state index in [2.05, 4.69) is 10.0 Å². The summed E-state index contributed by atoms with van der Waals surface area (Å²) in [6.45, 7) is 0.596. The molecule has 2 N–H and O–H groups in total. The zero-order valence-electron chi connectivity index (χ0n) is 13.9. The summed E-state index contributed by atoms with van der Waals surface area (Å²) in [6.07, 6.45) is 0.607. The molecule has 3 rings (SSSR count). The molecule has 6 nitrogen and oxygen atoms in total. The van der Waals surface area contributed by atoms with Crippen molar-refractivity contribution in [1.29, 1.82) is 0 Å². The van der Waals surface area contributed by atoms with Crippen LogP contribution in [0, 0.1) is 5.92 Å². The minimum absolute atomic E-state index is 0.0880. The van der Waals surface area contributed by atoms with Crippen molar-refractivity contribution in [2.24, 2.45) is 5.92 Å². The van der Waals surface area contributed by atoms with Crippen LogP contribution in [0.5, 0.6) is 5.75 Å². The average molecular weight is 395 g/mol. The molecule has 0 saturated heterocycles. The van der Waals surface area contributed by atoms with E-state index in [-0.39, 0.29) is 29.8 Å². The van der Waals surface area contributed by atoms with E-state index in [9.17, 15) is 13.2 Å². The van der Waals surface area contributed by atoms with Crippen LogP contribution in [-0.4, -0.2) is 34.0 Å². The van der Waals surface area contributed by atoms with Crippen molar-refractivity contribution in [3.05, 3.63) is 59.1 Å².